The number of rotatable bonds is 2. The third kappa shape index (κ3) is 2.65. The highest BCUT2D eigenvalue weighted by molar-refractivity contribution is 5.85. The Hall–Kier alpha value is -1.85. The molecule has 2 N–H and O–H groups in total. The largest absolute Gasteiger partial charge is 0.469 e. The van der Waals surface area contributed by atoms with Gasteiger partial charge in [0.2, 0.25) is 0 Å². The fraction of sp³-hybridized carbons (Fsp3) is 0.571. The Morgan fingerprint density at radius 1 is 1.38 bits per heavy atom. The number of para-hydroxylation sites is 1. The van der Waals surface area contributed by atoms with Crippen molar-refractivity contribution in [3.63, 3.8) is 0 Å². The number of fused-ring (bicyclic) bond motifs is 5. The lowest BCUT2D eigenvalue weighted by molar-refractivity contribution is -0.156. The number of aliphatic hydroxyl groups excluding tert-OH is 1. The number of hydrogen-bond acceptors (Lipinski definition) is 4. The predicted molar refractivity (Wildman–Crippen MR) is 101 cm³/mol. The van der Waals surface area contributed by atoms with Crippen LogP contribution in [0.4, 0.5) is 0 Å². The summed E-state index contributed by atoms with van der Waals surface area (Å²) >= 11 is 0. The SMILES string of the molecule is CC[C@H]1CN(C)[C@H]2Cc3c([nH]c4ccccc34)[C@@H](O)C[C@H]1[C@@H]2C(=O)OC. The van der Waals surface area contributed by atoms with Crippen LogP contribution in [0.3, 0.4) is 0 Å². The van der Waals surface area contributed by atoms with Gasteiger partial charge in [-0.25, -0.2) is 0 Å². The van der Waals surface area contributed by atoms with Crippen LogP contribution in [-0.4, -0.2) is 47.7 Å². The summed E-state index contributed by atoms with van der Waals surface area (Å²) in [6.07, 6.45) is 1.77. The first-order valence-electron chi connectivity index (χ1n) is 9.60. The van der Waals surface area contributed by atoms with Gasteiger partial charge in [0.1, 0.15) is 0 Å². The summed E-state index contributed by atoms with van der Waals surface area (Å²) in [5, 5.41) is 12.2. The van der Waals surface area contributed by atoms with E-state index in [2.05, 4.69) is 36.0 Å². The monoisotopic (exact) mass is 356 g/mol. The molecule has 2 aromatic rings. The highest BCUT2D eigenvalue weighted by Gasteiger charge is 2.48. The van der Waals surface area contributed by atoms with Gasteiger partial charge in [0.25, 0.3) is 0 Å². The number of H-pyrrole nitrogens is 1. The van der Waals surface area contributed by atoms with Crippen molar-refractivity contribution >= 4 is 16.9 Å². The van der Waals surface area contributed by atoms with Gasteiger partial charge in [-0.2, -0.15) is 0 Å². The second-order valence-corrected chi connectivity index (χ2v) is 7.91. The minimum absolute atomic E-state index is 0.0979. The molecule has 140 valence electrons. The molecule has 26 heavy (non-hydrogen) atoms. The molecule has 0 unspecified atom stereocenters. The minimum atomic E-state index is -0.576. The molecule has 5 heteroatoms. The molecule has 0 amide bonds. The van der Waals surface area contributed by atoms with E-state index in [4.69, 9.17) is 4.74 Å². The van der Waals surface area contributed by atoms with Gasteiger partial charge in [-0.3, -0.25) is 4.79 Å². The van der Waals surface area contributed by atoms with Gasteiger partial charge in [0.15, 0.2) is 0 Å². The van der Waals surface area contributed by atoms with Crippen LogP contribution >= 0.6 is 0 Å². The number of aliphatic hydroxyl groups is 1. The number of carbonyl (C=O) groups excluding carboxylic acids is 1. The van der Waals surface area contributed by atoms with Gasteiger partial charge in [-0.1, -0.05) is 31.5 Å². The number of nitrogens with one attached hydrogen (secondary N) is 1. The zero-order valence-electron chi connectivity index (χ0n) is 15.7. The second-order valence-electron chi connectivity index (χ2n) is 7.91. The normalized spacial score (nSPS) is 31.9. The molecule has 1 saturated heterocycles. The van der Waals surface area contributed by atoms with Crippen molar-refractivity contribution in [3.05, 3.63) is 35.5 Å². The van der Waals surface area contributed by atoms with Crippen molar-refractivity contribution < 1.29 is 14.6 Å². The van der Waals surface area contributed by atoms with Gasteiger partial charge in [-0.05, 0) is 43.4 Å². The number of hydrogen-bond donors (Lipinski definition) is 2. The van der Waals surface area contributed by atoms with E-state index in [1.807, 2.05) is 12.1 Å². The Morgan fingerprint density at radius 3 is 2.88 bits per heavy atom. The Labute approximate surface area is 154 Å². The van der Waals surface area contributed by atoms with Gasteiger partial charge in [-0.15, -0.1) is 0 Å². The summed E-state index contributed by atoms with van der Waals surface area (Å²) < 4.78 is 5.20. The summed E-state index contributed by atoms with van der Waals surface area (Å²) in [7, 11) is 3.59. The van der Waals surface area contributed by atoms with Gasteiger partial charge < -0.3 is 19.7 Å². The predicted octanol–water partition coefficient (Wildman–Crippen LogP) is 2.89. The molecular formula is C21H28N2O3. The van der Waals surface area contributed by atoms with Gasteiger partial charge in [0, 0.05) is 29.2 Å². The molecule has 2 aliphatic rings. The van der Waals surface area contributed by atoms with E-state index in [1.165, 1.54) is 7.11 Å². The molecule has 2 heterocycles. The Kier molecular flexibility index (Phi) is 4.53. The van der Waals surface area contributed by atoms with E-state index in [0.717, 1.165) is 41.5 Å². The fourth-order valence-corrected chi connectivity index (χ4v) is 5.33. The first-order valence-corrected chi connectivity index (χ1v) is 9.60. The maximum atomic E-state index is 12.7. The summed E-state index contributed by atoms with van der Waals surface area (Å²) in [6.45, 7) is 3.14. The van der Waals surface area contributed by atoms with Crippen LogP contribution in [-0.2, 0) is 16.0 Å². The molecular weight excluding hydrogens is 328 g/mol. The number of likely N-dealkylation sites (tertiary alicyclic amines) is 1. The van der Waals surface area contributed by atoms with E-state index in [9.17, 15) is 9.90 Å². The lowest BCUT2D eigenvalue weighted by Crippen LogP contribution is -2.56. The maximum Gasteiger partial charge on any atom is 0.310 e. The van der Waals surface area contributed by atoms with Crippen molar-refractivity contribution in [2.75, 3.05) is 20.7 Å². The molecule has 1 aliphatic carbocycles. The van der Waals surface area contributed by atoms with Crippen LogP contribution in [0.25, 0.3) is 10.9 Å². The molecule has 1 aromatic carbocycles. The number of ether oxygens (including phenoxy) is 1. The number of likely N-dealkylation sites (N-methyl/N-ethyl adjacent to an activating group) is 1. The second kappa shape index (κ2) is 6.71. The van der Waals surface area contributed by atoms with E-state index < -0.39 is 6.10 Å². The molecule has 5 atom stereocenters. The molecule has 1 aliphatic heterocycles. The number of nitrogens with zero attached hydrogens (tertiary/aromatic N) is 1. The number of esters is 1. The van der Waals surface area contributed by atoms with Crippen LogP contribution in [0.1, 0.15) is 37.1 Å². The van der Waals surface area contributed by atoms with E-state index in [-0.39, 0.29) is 23.8 Å². The smallest absolute Gasteiger partial charge is 0.310 e. The van der Waals surface area contributed by atoms with E-state index in [0.29, 0.717) is 12.3 Å². The van der Waals surface area contributed by atoms with Gasteiger partial charge >= 0.3 is 5.97 Å². The number of aromatic nitrogens is 1. The quantitative estimate of drug-likeness (QED) is 0.812. The third-order valence-corrected chi connectivity index (χ3v) is 6.66. The zero-order chi connectivity index (χ0) is 18.4. The van der Waals surface area contributed by atoms with Crippen molar-refractivity contribution in [3.8, 4) is 0 Å². The first-order chi connectivity index (χ1) is 12.5. The van der Waals surface area contributed by atoms with Crippen LogP contribution in [0.15, 0.2) is 24.3 Å². The summed E-state index contributed by atoms with van der Waals surface area (Å²) in [6, 6.07) is 8.28. The van der Waals surface area contributed by atoms with Crippen molar-refractivity contribution in [1.29, 1.82) is 0 Å². The van der Waals surface area contributed by atoms with Gasteiger partial charge in [0.05, 0.1) is 19.1 Å². The van der Waals surface area contributed by atoms with Crippen LogP contribution in [0, 0.1) is 17.8 Å². The fourth-order valence-electron chi connectivity index (χ4n) is 5.33. The Bertz CT molecular complexity index is 815. The summed E-state index contributed by atoms with van der Waals surface area (Å²) in [5.41, 5.74) is 3.12. The average Bonchev–Trinajstić information content (AvgIpc) is 3.01. The Morgan fingerprint density at radius 2 is 2.15 bits per heavy atom. The van der Waals surface area contributed by atoms with Crippen LogP contribution in [0.2, 0.25) is 0 Å². The number of piperidine rings is 1. The van der Waals surface area contributed by atoms with Crippen LogP contribution < -0.4 is 0 Å². The zero-order valence-corrected chi connectivity index (χ0v) is 15.7. The molecule has 5 nitrogen and oxygen atoms in total. The molecule has 4 rings (SSSR count). The molecule has 0 spiro atoms. The molecule has 1 fully saturated rings. The highest BCUT2D eigenvalue weighted by Crippen LogP contribution is 2.45. The van der Waals surface area contributed by atoms with Crippen molar-refractivity contribution in [2.45, 2.75) is 38.3 Å². The summed E-state index contributed by atoms with van der Waals surface area (Å²) in [4.78, 5) is 18.5. The number of benzene rings is 1. The highest BCUT2D eigenvalue weighted by atomic mass is 16.5. The van der Waals surface area contributed by atoms with Crippen LogP contribution in [0.5, 0.6) is 0 Å². The maximum absolute atomic E-state index is 12.7. The summed E-state index contributed by atoms with van der Waals surface area (Å²) in [5.74, 6) is 0.199. The molecule has 2 bridgehead atoms. The average molecular weight is 356 g/mol. The van der Waals surface area contributed by atoms with E-state index in [1.54, 1.807) is 0 Å². The molecule has 1 aromatic heterocycles. The minimum Gasteiger partial charge on any atom is -0.469 e. The Balaban J connectivity index is 1.86. The lowest BCUT2D eigenvalue weighted by atomic mass is 9.67. The first kappa shape index (κ1) is 17.6. The topological polar surface area (TPSA) is 65.6 Å². The lowest BCUT2D eigenvalue weighted by Gasteiger charge is -2.48. The van der Waals surface area contributed by atoms with E-state index >= 15 is 0 Å². The molecule has 0 saturated carbocycles. The number of methoxy groups -OCH3 is 1. The number of aromatic amines is 1. The third-order valence-electron chi connectivity index (χ3n) is 6.66. The van der Waals surface area contributed by atoms with Crippen molar-refractivity contribution in [2.24, 2.45) is 17.8 Å². The molecule has 0 radical (unpaired) electrons. The van der Waals surface area contributed by atoms with Crippen molar-refractivity contribution in [1.82, 2.24) is 9.88 Å². The standard InChI is InChI=1S/C21H28N2O3/c1-4-12-11-23(2)17-9-15-13-7-5-6-8-16(13)22-20(15)18(24)10-14(12)19(17)21(25)26-3/h5-8,12,14,17-19,22,24H,4,9-11H2,1-3H3/t12-,14+,17-,18-,19-/m0/s1. The number of carbonyl (C=O) groups is 1.